The summed E-state index contributed by atoms with van der Waals surface area (Å²) in [5, 5.41) is 5.85. The maximum absolute atomic E-state index is 12.3. The molecule has 0 radical (unpaired) electrons. The van der Waals surface area contributed by atoms with Gasteiger partial charge in [0, 0.05) is 28.5 Å². The molecule has 2 heterocycles. The fraction of sp³-hybridized carbons (Fsp3) is 0.125. The summed E-state index contributed by atoms with van der Waals surface area (Å²) in [6.07, 6.45) is 5.64. The Morgan fingerprint density at radius 3 is 3.05 bits per heavy atom. The Labute approximate surface area is 137 Å². The number of rotatable bonds is 5. The zero-order valence-corrected chi connectivity index (χ0v) is 13.7. The maximum atomic E-state index is 12.3. The second kappa shape index (κ2) is 6.81. The molecular weight excluding hydrogens is 314 g/mol. The van der Waals surface area contributed by atoms with E-state index in [1.807, 2.05) is 58.8 Å². The Hall–Kier alpha value is -2.05. The molecule has 0 fully saturated rings. The molecule has 1 aromatic carbocycles. The third-order valence-electron chi connectivity index (χ3n) is 3.18. The predicted octanol–water partition coefficient (Wildman–Crippen LogP) is 3.59. The van der Waals surface area contributed by atoms with Gasteiger partial charge in [-0.25, -0.2) is 4.98 Å². The first-order chi connectivity index (χ1) is 10.8. The van der Waals surface area contributed by atoms with Gasteiger partial charge in [0.25, 0.3) is 5.91 Å². The molecule has 0 saturated heterocycles. The Morgan fingerprint density at radius 1 is 1.36 bits per heavy atom. The largest absolute Gasteiger partial charge is 0.347 e. The number of hydrogen-bond acceptors (Lipinski definition) is 4. The topological polar surface area (TPSA) is 46.9 Å². The Balaban J connectivity index is 1.77. The van der Waals surface area contributed by atoms with Gasteiger partial charge in [0.2, 0.25) is 0 Å². The van der Waals surface area contributed by atoms with Crippen LogP contribution in [0.3, 0.4) is 0 Å². The van der Waals surface area contributed by atoms with Crippen LogP contribution in [0.2, 0.25) is 0 Å². The standard InChI is InChI=1S/C16H15N3OS2/c1-21-16-17-7-8-19(16)13-5-2-4-12(10-13)15(20)18-11-14-6-3-9-22-14/h2-10H,11H2,1H3,(H,18,20). The number of thioether (sulfide) groups is 1. The van der Waals surface area contributed by atoms with Crippen LogP contribution in [-0.2, 0) is 6.54 Å². The number of benzene rings is 1. The fourth-order valence-electron chi connectivity index (χ4n) is 2.12. The number of nitrogens with zero attached hydrogens (tertiary/aromatic N) is 2. The van der Waals surface area contributed by atoms with Crippen molar-refractivity contribution in [2.24, 2.45) is 0 Å². The molecule has 112 valence electrons. The van der Waals surface area contributed by atoms with E-state index in [1.165, 1.54) is 0 Å². The van der Waals surface area contributed by atoms with Crippen molar-refractivity contribution in [3.8, 4) is 5.69 Å². The van der Waals surface area contributed by atoms with Gasteiger partial charge < -0.3 is 5.32 Å². The second-order valence-corrected chi connectivity index (χ2v) is 6.40. The van der Waals surface area contributed by atoms with Crippen molar-refractivity contribution in [1.82, 2.24) is 14.9 Å². The van der Waals surface area contributed by atoms with E-state index in [4.69, 9.17) is 0 Å². The zero-order chi connectivity index (χ0) is 15.4. The third-order valence-corrected chi connectivity index (χ3v) is 4.72. The van der Waals surface area contributed by atoms with Gasteiger partial charge >= 0.3 is 0 Å². The van der Waals surface area contributed by atoms with Crippen molar-refractivity contribution in [3.63, 3.8) is 0 Å². The van der Waals surface area contributed by atoms with Crippen molar-refractivity contribution >= 4 is 29.0 Å². The lowest BCUT2D eigenvalue weighted by Gasteiger charge is -2.08. The highest BCUT2D eigenvalue weighted by molar-refractivity contribution is 7.98. The van der Waals surface area contributed by atoms with Gasteiger partial charge in [-0.05, 0) is 35.9 Å². The lowest BCUT2D eigenvalue weighted by molar-refractivity contribution is 0.0951. The average Bonchev–Trinajstić information content (AvgIpc) is 3.23. The Kier molecular flexibility index (Phi) is 4.60. The van der Waals surface area contributed by atoms with E-state index in [1.54, 1.807) is 29.3 Å². The molecule has 0 spiro atoms. The zero-order valence-electron chi connectivity index (χ0n) is 12.0. The SMILES string of the molecule is CSc1nccn1-c1cccc(C(=O)NCc2cccs2)c1. The summed E-state index contributed by atoms with van der Waals surface area (Å²) in [4.78, 5) is 17.7. The molecular formula is C16H15N3OS2. The van der Waals surface area contributed by atoms with Crippen molar-refractivity contribution in [2.75, 3.05) is 6.26 Å². The molecule has 0 saturated carbocycles. The quantitative estimate of drug-likeness (QED) is 0.728. The van der Waals surface area contributed by atoms with Crippen LogP contribution in [0.15, 0.2) is 59.3 Å². The van der Waals surface area contributed by atoms with Crippen molar-refractivity contribution in [3.05, 3.63) is 64.6 Å². The van der Waals surface area contributed by atoms with Gasteiger partial charge in [-0.2, -0.15) is 0 Å². The molecule has 0 aliphatic heterocycles. The van der Waals surface area contributed by atoms with E-state index in [9.17, 15) is 4.79 Å². The monoisotopic (exact) mass is 329 g/mol. The Morgan fingerprint density at radius 2 is 2.27 bits per heavy atom. The van der Waals surface area contributed by atoms with Crippen molar-refractivity contribution < 1.29 is 4.79 Å². The summed E-state index contributed by atoms with van der Waals surface area (Å²) in [6, 6.07) is 11.6. The average molecular weight is 329 g/mol. The number of carbonyl (C=O) groups excluding carboxylic acids is 1. The lowest BCUT2D eigenvalue weighted by atomic mass is 10.2. The molecule has 0 atom stereocenters. The first-order valence-corrected chi connectivity index (χ1v) is 8.87. The highest BCUT2D eigenvalue weighted by Crippen LogP contribution is 2.19. The molecule has 3 aromatic rings. The van der Waals surface area contributed by atoms with Gasteiger partial charge in [-0.1, -0.05) is 23.9 Å². The smallest absolute Gasteiger partial charge is 0.251 e. The van der Waals surface area contributed by atoms with Crippen LogP contribution in [0.1, 0.15) is 15.2 Å². The van der Waals surface area contributed by atoms with E-state index in [2.05, 4.69) is 10.3 Å². The van der Waals surface area contributed by atoms with Crippen LogP contribution < -0.4 is 5.32 Å². The van der Waals surface area contributed by atoms with Crippen LogP contribution in [0.4, 0.5) is 0 Å². The molecule has 22 heavy (non-hydrogen) atoms. The molecule has 0 aliphatic rings. The summed E-state index contributed by atoms with van der Waals surface area (Å²) in [6.45, 7) is 0.557. The summed E-state index contributed by atoms with van der Waals surface area (Å²) >= 11 is 3.21. The van der Waals surface area contributed by atoms with Crippen molar-refractivity contribution in [1.29, 1.82) is 0 Å². The number of hydrogen-bond donors (Lipinski definition) is 1. The van der Waals surface area contributed by atoms with Gasteiger partial charge in [0.05, 0.1) is 6.54 Å². The number of amides is 1. The number of aromatic nitrogens is 2. The number of imidazole rings is 1. The van der Waals surface area contributed by atoms with E-state index >= 15 is 0 Å². The molecule has 3 rings (SSSR count). The number of carbonyl (C=O) groups is 1. The second-order valence-electron chi connectivity index (χ2n) is 4.60. The maximum Gasteiger partial charge on any atom is 0.251 e. The molecule has 2 aromatic heterocycles. The molecule has 1 amide bonds. The van der Waals surface area contributed by atoms with E-state index in [0.29, 0.717) is 12.1 Å². The summed E-state index contributed by atoms with van der Waals surface area (Å²) in [7, 11) is 0. The van der Waals surface area contributed by atoms with Crippen LogP contribution in [0, 0.1) is 0 Å². The van der Waals surface area contributed by atoms with Gasteiger partial charge in [0.15, 0.2) is 5.16 Å². The van der Waals surface area contributed by atoms with E-state index < -0.39 is 0 Å². The molecule has 0 aliphatic carbocycles. The van der Waals surface area contributed by atoms with Gasteiger partial charge in [-0.15, -0.1) is 11.3 Å². The van der Waals surface area contributed by atoms with E-state index in [0.717, 1.165) is 15.7 Å². The lowest BCUT2D eigenvalue weighted by Crippen LogP contribution is -2.22. The molecule has 6 heteroatoms. The minimum absolute atomic E-state index is 0.0685. The highest BCUT2D eigenvalue weighted by Gasteiger charge is 2.09. The van der Waals surface area contributed by atoms with Crippen molar-refractivity contribution in [2.45, 2.75) is 11.7 Å². The number of nitrogens with one attached hydrogen (secondary N) is 1. The van der Waals surface area contributed by atoms with E-state index in [-0.39, 0.29) is 5.91 Å². The van der Waals surface area contributed by atoms with Crippen LogP contribution in [-0.4, -0.2) is 21.7 Å². The normalized spacial score (nSPS) is 10.6. The first kappa shape index (κ1) is 14.9. The fourth-order valence-corrected chi connectivity index (χ4v) is 3.29. The number of thiophene rings is 1. The minimum atomic E-state index is -0.0685. The minimum Gasteiger partial charge on any atom is -0.347 e. The highest BCUT2D eigenvalue weighted by atomic mass is 32.2. The Bertz CT molecular complexity index is 765. The predicted molar refractivity (Wildman–Crippen MR) is 90.8 cm³/mol. The first-order valence-electron chi connectivity index (χ1n) is 6.76. The van der Waals surface area contributed by atoms with Crippen LogP contribution >= 0.6 is 23.1 Å². The van der Waals surface area contributed by atoms with Crippen LogP contribution in [0.25, 0.3) is 5.69 Å². The van der Waals surface area contributed by atoms with Gasteiger partial charge in [-0.3, -0.25) is 9.36 Å². The molecule has 0 unspecified atom stereocenters. The summed E-state index contributed by atoms with van der Waals surface area (Å²) in [5.74, 6) is -0.0685. The third kappa shape index (κ3) is 3.23. The van der Waals surface area contributed by atoms with Gasteiger partial charge in [0.1, 0.15) is 0 Å². The molecule has 4 nitrogen and oxygen atoms in total. The molecule has 1 N–H and O–H groups in total. The summed E-state index contributed by atoms with van der Waals surface area (Å²) < 4.78 is 1.97. The van der Waals surface area contributed by atoms with Crippen LogP contribution in [0.5, 0.6) is 0 Å². The summed E-state index contributed by atoms with van der Waals surface area (Å²) in [5.41, 5.74) is 1.58. The molecule has 0 bridgehead atoms.